The van der Waals surface area contributed by atoms with Crippen LogP contribution in [0.5, 0.6) is 0 Å². The second-order valence-corrected chi connectivity index (χ2v) is 13.8. The van der Waals surface area contributed by atoms with E-state index in [0.29, 0.717) is 6.42 Å². The first-order valence-corrected chi connectivity index (χ1v) is 19.7. The first kappa shape index (κ1) is 43.9. The zero-order chi connectivity index (χ0) is 33.1. The highest BCUT2D eigenvalue weighted by Gasteiger charge is 2.20. The molecule has 0 aromatic carbocycles. The van der Waals surface area contributed by atoms with E-state index in [2.05, 4.69) is 6.92 Å². The molecule has 6 nitrogen and oxygen atoms in total. The molecule has 2 unspecified atom stereocenters. The van der Waals surface area contributed by atoms with E-state index in [-0.39, 0.29) is 25.1 Å². The number of esters is 1. The monoisotopic (exact) mass is 641 g/mol. The van der Waals surface area contributed by atoms with E-state index >= 15 is 0 Å². The van der Waals surface area contributed by atoms with E-state index in [1.165, 1.54) is 154 Å². The molecule has 0 rings (SSSR count). The van der Waals surface area contributed by atoms with E-state index < -0.39 is 12.1 Å². The molecule has 3 N–H and O–H groups in total. The first-order valence-electron chi connectivity index (χ1n) is 19.7. The summed E-state index contributed by atoms with van der Waals surface area (Å²) in [6.07, 6.45) is 37.8. The molecule has 0 bridgehead atoms. The Kier molecular flexibility index (Phi) is 34.8. The molecule has 0 aliphatic carbocycles. The Balaban J connectivity index is 3.82. The van der Waals surface area contributed by atoms with Crippen molar-refractivity contribution in [3.8, 4) is 0 Å². The molecule has 6 heteroatoms. The van der Waals surface area contributed by atoms with Crippen LogP contribution in [0.4, 0.5) is 0 Å². The Morgan fingerprint density at radius 1 is 0.511 bits per heavy atom. The summed E-state index contributed by atoms with van der Waals surface area (Å²) in [6.45, 7) is 1.78. The summed E-state index contributed by atoms with van der Waals surface area (Å²) in [5.41, 5.74) is 0. The third-order valence-corrected chi connectivity index (χ3v) is 9.31. The van der Waals surface area contributed by atoms with Crippen LogP contribution < -0.4 is 0 Å². The molecule has 0 fully saturated rings. The summed E-state index contributed by atoms with van der Waals surface area (Å²) < 4.78 is 5.35. The van der Waals surface area contributed by atoms with Gasteiger partial charge >= 0.3 is 11.9 Å². The van der Waals surface area contributed by atoms with Gasteiger partial charge in [-0.25, -0.2) is 0 Å². The molecule has 0 saturated carbocycles. The number of unbranched alkanes of at least 4 members (excludes halogenated alkanes) is 27. The lowest BCUT2D eigenvalue weighted by molar-refractivity contribution is -0.152. The highest BCUT2D eigenvalue weighted by Crippen LogP contribution is 2.22. The number of ether oxygens (including phenoxy) is 1. The van der Waals surface area contributed by atoms with Crippen molar-refractivity contribution < 1.29 is 29.6 Å². The van der Waals surface area contributed by atoms with Crippen molar-refractivity contribution in [3.05, 3.63) is 0 Å². The first-order chi connectivity index (χ1) is 22.0. The Morgan fingerprint density at radius 3 is 1.13 bits per heavy atom. The molecular formula is C39H76O6. The van der Waals surface area contributed by atoms with Crippen LogP contribution in [-0.2, 0) is 14.3 Å². The molecule has 0 amide bonds. The Morgan fingerprint density at radius 2 is 0.822 bits per heavy atom. The van der Waals surface area contributed by atoms with Crippen LogP contribution in [-0.4, -0.2) is 46.6 Å². The van der Waals surface area contributed by atoms with Gasteiger partial charge in [-0.15, -0.1) is 0 Å². The Hall–Kier alpha value is -1.14. The molecular weight excluding hydrogens is 564 g/mol. The molecule has 0 aromatic rings. The number of rotatable bonds is 37. The minimum absolute atomic E-state index is 0.0852. The van der Waals surface area contributed by atoms with E-state index in [4.69, 9.17) is 14.9 Å². The van der Waals surface area contributed by atoms with Gasteiger partial charge in [-0.3, -0.25) is 9.59 Å². The third-order valence-electron chi connectivity index (χ3n) is 9.31. The fraction of sp³-hybridized carbons (Fsp3) is 0.949. The largest absolute Gasteiger partial charge is 0.481 e. The molecule has 0 aliphatic heterocycles. The van der Waals surface area contributed by atoms with E-state index in [0.717, 1.165) is 44.9 Å². The van der Waals surface area contributed by atoms with Crippen molar-refractivity contribution in [2.24, 2.45) is 5.92 Å². The summed E-state index contributed by atoms with van der Waals surface area (Å²) in [4.78, 5) is 23.2. The van der Waals surface area contributed by atoms with Gasteiger partial charge in [-0.05, 0) is 19.3 Å². The van der Waals surface area contributed by atoms with Crippen molar-refractivity contribution in [1.29, 1.82) is 0 Å². The van der Waals surface area contributed by atoms with Crippen LogP contribution >= 0.6 is 0 Å². The van der Waals surface area contributed by atoms with Crippen LogP contribution in [0.2, 0.25) is 0 Å². The van der Waals surface area contributed by atoms with Crippen LogP contribution in [0.3, 0.4) is 0 Å². The minimum Gasteiger partial charge on any atom is -0.481 e. The summed E-state index contributed by atoms with van der Waals surface area (Å²) in [6, 6.07) is 0. The fourth-order valence-electron chi connectivity index (χ4n) is 6.28. The maximum atomic E-state index is 12.7. The smallest absolute Gasteiger partial charge is 0.309 e. The second-order valence-electron chi connectivity index (χ2n) is 13.8. The highest BCUT2D eigenvalue weighted by molar-refractivity contribution is 5.72. The lowest BCUT2D eigenvalue weighted by Gasteiger charge is -2.17. The van der Waals surface area contributed by atoms with E-state index in [1.807, 2.05) is 0 Å². The fourth-order valence-corrected chi connectivity index (χ4v) is 6.28. The topological polar surface area (TPSA) is 104 Å². The predicted octanol–water partition coefficient (Wildman–Crippen LogP) is 11.1. The van der Waals surface area contributed by atoms with Crippen molar-refractivity contribution >= 4 is 11.9 Å². The predicted molar refractivity (Wildman–Crippen MR) is 189 cm³/mol. The molecule has 268 valence electrons. The van der Waals surface area contributed by atoms with Gasteiger partial charge in [-0.1, -0.05) is 187 Å². The maximum Gasteiger partial charge on any atom is 0.309 e. The van der Waals surface area contributed by atoms with Crippen LogP contribution in [0.15, 0.2) is 0 Å². The zero-order valence-electron chi connectivity index (χ0n) is 29.8. The number of carboxylic acid groups (broad SMARTS) is 1. The van der Waals surface area contributed by atoms with E-state index in [1.54, 1.807) is 0 Å². The highest BCUT2D eigenvalue weighted by atomic mass is 16.5. The van der Waals surface area contributed by atoms with Gasteiger partial charge in [0.2, 0.25) is 0 Å². The number of aliphatic hydroxyl groups excluding tert-OH is 2. The molecule has 0 saturated heterocycles. The number of hydrogen-bond donors (Lipinski definition) is 3. The van der Waals surface area contributed by atoms with Gasteiger partial charge < -0.3 is 20.1 Å². The lowest BCUT2D eigenvalue weighted by Crippen LogP contribution is -2.25. The summed E-state index contributed by atoms with van der Waals surface area (Å²) in [5.74, 6) is -0.961. The maximum absolute atomic E-state index is 12.7. The number of carbonyl (C=O) groups excluding carboxylic acids is 1. The number of aliphatic hydroxyl groups is 2. The van der Waals surface area contributed by atoms with Gasteiger partial charge in [0.05, 0.1) is 12.5 Å². The number of aliphatic carboxylic acids is 1. The zero-order valence-corrected chi connectivity index (χ0v) is 29.8. The quantitative estimate of drug-likeness (QED) is 0.0461. The third kappa shape index (κ3) is 34.0. The van der Waals surface area contributed by atoms with Crippen molar-refractivity contribution in [2.45, 2.75) is 218 Å². The van der Waals surface area contributed by atoms with Gasteiger partial charge in [0.15, 0.2) is 0 Å². The van der Waals surface area contributed by atoms with Gasteiger partial charge in [0, 0.05) is 6.42 Å². The minimum atomic E-state index is -0.988. The number of hydrogen-bond acceptors (Lipinski definition) is 5. The standard InChI is InChI=1S/C39H76O6/c1-2-3-4-5-6-7-8-9-13-16-19-22-25-28-31-36(39(44)45-35-37(41)34-40)32-29-26-23-20-17-14-11-10-12-15-18-21-24-27-30-33-38(42)43/h36-37,40-41H,2-35H2,1H3,(H,42,43). The lowest BCUT2D eigenvalue weighted by atomic mass is 9.94. The summed E-state index contributed by atoms with van der Waals surface area (Å²) >= 11 is 0. The van der Waals surface area contributed by atoms with Crippen molar-refractivity contribution in [2.75, 3.05) is 13.2 Å². The van der Waals surface area contributed by atoms with Gasteiger partial charge in [0.25, 0.3) is 0 Å². The van der Waals surface area contributed by atoms with Crippen molar-refractivity contribution in [1.82, 2.24) is 0 Å². The van der Waals surface area contributed by atoms with E-state index in [9.17, 15) is 14.7 Å². The van der Waals surface area contributed by atoms with Crippen LogP contribution in [0, 0.1) is 5.92 Å². The van der Waals surface area contributed by atoms with Gasteiger partial charge in [-0.2, -0.15) is 0 Å². The number of carboxylic acids is 1. The number of carbonyl (C=O) groups is 2. The molecule has 2 atom stereocenters. The average molecular weight is 641 g/mol. The second kappa shape index (κ2) is 35.7. The Labute approximate surface area is 278 Å². The average Bonchev–Trinajstić information content (AvgIpc) is 3.03. The normalized spacial score (nSPS) is 12.8. The summed E-state index contributed by atoms with van der Waals surface area (Å²) in [7, 11) is 0. The molecule has 0 spiro atoms. The molecule has 45 heavy (non-hydrogen) atoms. The molecule has 0 heterocycles. The summed E-state index contributed by atoms with van der Waals surface area (Å²) in [5, 5.41) is 27.3. The van der Waals surface area contributed by atoms with Crippen molar-refractivity contribution in [3.63, 3.8) is 0 Å². The SMILES string of the molecule is CCCCCCCCCCCCCCCCC(CCCCCCCCCCCCCCCCCC(=O)O)C(=O)OCC(O)CO. The molecule has 0 aliphatic rings. The molecule has 0 radical (unpaired) electrons. The van der Waals surface area contributed by atoms with Crippen LogP contribution in [0.25, 0.3) is 0 Å². The van der Waals surface area contributed by atoms with Gasteiger partial charge in [0.1, 0.15) is 12.7 Å². The molecule has 0 aromatic heterocycles. The van der Waals surface area contributed by atoms with Crippen LogP contribution in [0.1, 0.15) is 212 Å². The Bertz CT molecular complexity index is 625.